The van der Waals surface area contributed by atoms with Gasteiger partial charge in [0.2, 0.25) is 5.95 Å². The summed E-state index contributed by atoms with van der Waals surface area (Å²) in [5.41, 5.74) is 5.91. The SMILES string of the molecule is Cc1cccc(C)c1-c1cc2nc(n1)NS(=O)(=O)c1cccc(c1)CCCCCC2. The minimum atomic E-state index is -3.76. The van der Waals surface area contributed by atoms with Gasteiger partial charge in [-0.05, 0) is 74.4 Å². The maximum absolute atomic E-state index is 13.0. The van der Waals surface area contributed by atoms with E-state index in [1.165, 1.54) is 0 Å². The first-order valence-corrected chi connectivity index (χ1v) is 12.0. The number of hydrogen-bond acceptors (Lipinski definition) is 4. The Morgan fingerprint density at radius 3 is 2.30 bits per heavy atom. The predicted octanol–water partition coefficient (Wildman–Crippen LogP) is 5.22. The van der Waals surface area contributed by atoms with Crippen molar-refractivity contribution in [1.29, 1.82) is 0 Å². The van der Waals surface area contributed by atoms with E-state index in [1.807, 2.05) is 44.2 Å². The molecule has 3 aromatic rings. The van der Waals surface area contributed by atoms with Crippen LogP contribution in [0, 0.1) is 13.8 Å². The molecule has 4 rings (SSSR count). The van der Waals surface area contributed by atoms with Gasteiger partial charge in [-0.15, -0.1) is 0 Å². The predicted molar refractivity (Wildman–Crippen MR) is 120 cm³/mol. The van der Waals surface area contributed by atoms with E-state index in [4.69, 9.17) is 0 Å². The van der Waals surface area contributed by atoms with Crippen molar-refractivity contribution >= 4 is 16.0 Å². The molecular weight excluding hydrogens is 394 g/mol. The fraction of sp³-hybridized carbons (Fsp3) is 0.333. The van der Waals surface area contributed by atoms with E-state index in [0.29, 0.717) is 0 Å². The number of aryl methyl sites for hydroxylation is 4. The molecule has 0 atom stereocenters. The lowest BCUT2D eigenvalue weighted by molar-refractivity contribution is 0.600. The summed E-state index contributed by atoms with van der Waals surface area (Å²) in [6.45, 7) is 4.09. The zero-order chi connectivity index (χ0) is 21.1. The van der Waals surface area contributed by atoms with Crippen molar-refractivity contribution in [2.24, 2.45) is 0 Å². The van der Waals surface area contributed by atoms with Crippen LogP contribution in [-0.4, -0.2) is 18.4 Å². The van der Waals surface area contributed by atoms with Crippen molar-refractivity contribution < 1.29 is 8.42 Å². The second kappa shape index (κ2) is 8.56. The van der Waals surface area contributed by atoms with E-state index in [2.05, 4.69) is 14.7 Å². The van der Waals surface area contributed by atoms with E-state index >= 15 is 0 Å². The summed E-state index contributed by atoms with van der Waals surface area (Å²) in [7, 11) is -3.76. The van der Waals surface area contributed by atoms with Gasteiger partial charge in [-0.1, -0.05) is 43.2 Å². The summed E-state index contributed by atoms with van der Waals surface area (Å²) in [4.78, 5) is 9.39. The van der Waals surface area contributed by atoms with Crippen LogP contribution in [0.5, 0.6) is 0 Å². The van der Waals surface area contributed by atoms with Gasteiger partial charge in [0.25, 0.3) is 10.0 Å². The first-order chi connectivity index (χ1) is 14.4. The van der Waals surface area contributed by atoms with Crippen LogP contribution in [0.25, 0.3) is 11.3 Å². The van der Waals surface area contributed by atoms with Crippen molar-refractivity contribution in [3.05, 3.63) is 70.9 Å². The Balaban J connectivity index is 1.81. The van der Waals surface area contributed by atoms with Crippen LogP contribution in [-0.2, 0) is 22.9 Å². The molecule has 0 spiro atoms. The van der Waals surface area contributed by atoms with Gasteiger partial charge in [0, 0.05) is 11.3 Å². The van der Waals surface area contributed by atoms with Gasteiger partial charge in [-0.2, -0.15) is 0 Å². The van der Waals surface area contributed by atoms with Crippen LogP contribution in [0.3, 0.4) is 0 Å². The number of aromatic nitrogens is 2. The number of nitrogens with one attached hydrogen (secondary N) is 1. The lowest BCUT2D eigenvalue weighted by atomic mass is 9.99. The molecule has 1 aliphatic rings. The number of benzene rings is 2. The Hall–Kier alpha value is -2.73. The smallest absolute Gasteiger partial charge is 0.247 e. The van der Waals surface area contributed by atoms with Gasteiger partial charge >= 0.3 is 0 Å². The first kappa shape index (κ1) is 20.5. The van der Waals surface area contributed by atoms with Gasteiger partial charge in [-0.25, -0.2) is 23.1 Å². The Bertz CT molecular complexity index is 1150. The molecule has 0 radical (unpaired) electrons. The van der Waals surface area contributed by atoms with Crippen molar-refractivity contribution in [1.82, 2.24) is 9.97 Å². The van der Waals surface area contributed by atoms with Gasteiger partial charge in [0.1, 0.15) is 0 Å². The van der Waals surface area contributed by atoms with Crippen molar-refractivity contribution in [2.75, 3.05) is 4.72 Å². The van der Waals surface area contributed by atoms with E-state index in [0.717, 1.165) is 72.2 Å². The quantitative estimate of drug-likeness (QED) is 0.585. The van der Waals surface area contributed by atoms with Gasteiger partial charge < -0.3 is 0 Å². The van der Waals surface area contributed by atoms with Crippen LogP contribution in [0.2, 0.25) is 0 Å². The summed E-state index contributed by atoms with van der Waals surface area (Å²) in [6, 6.07) is 15.3. The monoisotopic (exact) mass is 421 g/mol. The van der Waals surface area contributed by atoms with Crippen molar-refractivity contribution in [2.45, 2.75) is 57.3 Å². The van der Waals surface area contributed by atoms with Crippen LogP contribution >= 0.6 is 0 Å². The topological polar surface area (TPSA) is 72.0 Å². The van der Waals surface area contributed by atoms with E-state index in [1.54, 1.807) is 18.2 Å². The van der Waals surface area contributed by atoms with Gasteiger partial charge in [0.05, 0.1) is 10.6 Å². The summed E-state index contributed by atoms with van der Waals surface area (Å²) in [6.07, 6.45) is 6.03. The molecule has 4 bridgehead atoms. The van der Waals surface area contributed by atoms with Gasteiger partial charge in [0.15, 0.2) is 0 Å². The number of rotatable bonds is 1. The Labute approximate surface area is 178 Å². The summed E-state index contributed by atoms with van der Waals surface area (Å²) < 4.78 is 28.7. The van der Waals surface area contributed by atoms with E-state index < -0.39 is 10.0 Å². The molecule has 0 fully saturated rings. The maximum atomic E-state index is 13.0. The molecule has 30 heavy (non-hydrogen) atoms. The lowest BCUT2D eigenvalue weighted by Crippen LogP contribution is -2.16. The number of fused-ring (bicyclic) bond motifs is 4. The zero-order valence-corrected chi connectivity index (χ0v) is 18.3. The van der Waals surface area contributed by atoms with Crippen molar-refractivity contribution in [3.8, 4) is 11.3 Å². The highest BCUT2D eigenvalue weighted by Gasteiger charge is 2.19. The summed E-state index contributed by atoms with van der Waals surface area (Å²) >= 11 is 0. The molecule has 1 aliphatic heterocycles. The Kier molecular flexibility index (Phi) is 5.86. The lowest BCUT2D eigenvalue weighted by Gasteiger charge is -2.14. The third-order valence-electron chi connectivity index (χ3n) is 5.60. The molecule has 5 nitrogen and oxygen atoms in total. The second-order valence-corrected chi connectivity index (χ2v) is 9.68. The highest BCUT2D eigenvalue weighted by molar-refractivity contribution is 7.92. The average Bonchev–Trinajstić information content (AvgIpc) is 2.70. The molecule has 6 heteroatoms. The Morgan fingerprint density at radius 2 is 1.53 bits per heavy atom. The largest absolute Gasteiger partial charge is 0.264 e. The first-order valence-electron chi connectivity index (χ1n) is 10.5. The highest BCUT2D eigenvalue weighted by atomic mass is 32.2. The van der Waals surface area contributed by atoms with E-state index in [-0.39, 0.29) is 10.8 Å². The number of anilines is 1. The molecule has 1 aromatic heterocycles. The fourth-order valence-corrected chi connectivity index (χ4v) is 5.07. The zero-order valence-electron chi connectivity index (χ0n) is 17.5. The fourth-order valence-electron chi connectivity index (χ4n) is 4.05. The van der Waals surface area contributed by atoms with Crippen LogP contribution in [0.1, 0.15) is 48.1 Å². The minimum absolute atomic E-state index is 0.132. The van der Waals surface area contributed by atoms with E-state index in [9.17, 15) is 8.42 Å². The van der Waals surface area contributed by atoms with Crippen LogP contribution in [0.4, 0.5) is 5.95 Å². The van der Waals surface area contributed by atoms with Gasteiger partial charge in [-0.3, -0.25) is 0 Å². The molecule has 2 aromatic carbocycles. The second-order valence-electron chi connectivity index (χ2n) is 8.00. The molecule has 156 valence electrons. The molecular formula is C24H27N3O2S. The molecule has 0 saturated heterocycles. The highest BCUT2D eigenvalue weighted by Crippen LogP contribution is 2.28. The Morgan fingerprint density at radius 1 is 0.833 bits per heavy atom. The molecule has 2 heterocycles. The normalized spacial score (nSPS) is 16.3. The molecule has 0 aliphatic carbocycles. The van der Waals surface area contributed by atoms with Crippen LogP contribution in [0.15, 0.2) is 53.4 Å². The summed E-state index contributed by atoms with van der Waals surface area (Å²) in [5, 5.41) is 0. The third kappa shape index (κ3) is 4.54. The third-order valence-corrected chi connectivity index (χ3v) is 6.93. The number of hydrogen-bond donors (Lipinski definition) is 1. The van der Waals surface area contributed by atoms with Crippen molar-refractivity contribution in [3.63, 3.8) is 0 Å². The summed E-state index contributed by atoms with van der Waals surface area (Å²) in [5.74, 6) is 0.132. The molecule has 0 saturated carbocycles. The standard InChI is InChI=1S/C24H27N3O2S/c1-17-9-7-10-18(2)23(17)22-16-20-13-6-4-3-5-11-19-12-8-14-21(15-19)30(28,29)27-24(25-20)26-22/h7-10,12,14-16H,3-6,11,13H2,1-2H3,(H,25,26,27). The molecule has 1 N–H and O–H groups in total. The maximum Gasteiger partial charge on any atom is 0.264 e. The average molecular weight is 422 g/mol. The molecule has 0 unspecified atom stereocenters. The number of nitrogens with zero attached hydrogens (tertiary/aromatic N) is 2. The minimum Gasteiger partial charge on any atom is -0.247 e. The van der Waals surface area contributed by atoms with Crippen LogP contribution < -0.4 is 4.72 Å². The molecule has 0 amide bonds. The number of sulfonamides is 1.